The molecule has 3 heteroatoms. The quantitative estimate of drug-likeness (QED) is 0.797. The van der Waals surface area contributed by atoms with Crippen molar-refractivity contribution in [2.75, 3.05) is 26.2 Å². The molecule has 2 aromatic carbocycles. The summed E-state index contributed by atoms with van der Waals surface area (Å²) in [5.74, 6) is 1.81. The van der Waals surface area contributed by atoms with Gasteiger partial charge in [-0.2, -0.15) is 0 Å². The van der Waals surface area contributed by atoms with Crippen LogP contribution in [0.1, 0.15) is 49.3 Å². The van der Waals surface area contributed by atoms with Gasteiger partial charge in [-0.3, -0.25) is 4.90 Å². The minimum atomic E-state index is 0.486. The first-order valence-corrected chi connectivity index (χ1v) is 10.6. The molecule has 27 heavy (non-hydrogen) atoms. The number of benzene rings is 2. The molecule has 4 rings (SSSR count). The highest BCUT2D eigenvalue weighted by Gasteiger charge is 2.32. The lowest BCUT2D eigenvalue weighted by atomic mass is 9.80. The molecular weight excluding hydrogens is 332 g/mol. The van der Waals surface area contributed by atoms with Crippen molar-refractivity contribution in [3.05, 3.63) is 65.7 Å². The van der Waals surface area contributed by atoms with Gasteiger partial charge in [-0.15, -0.1) is 0 Å². The molecule has 1 aliphatic heterocycles. The van der Waals surface area contributed by atoms with E-state index in [0.717, 1.165) is 37.8 Å². The minimum Gasteiger partial charge on any atom is -0.489 e. The second-order valence-corrected chi connectivity index (χ2v) is 7.94. The van der Waals surface area contributed by atoms with E-state index in [1.165, 1.54) is 43.2 Å². The summed E-state index contributed by atoms with van der Waals surface area (Å²) in [6, 6.07) is 19.7. The van der Waals surface area contributed by atoms with Crippen LogP contribution in [0.15, 0.2) is 54.6 Å². The smallest absolute Gasteiger partial charge is 0.124 e. The summed E-state index contributed by atoms with van der Waals surface area (Å²) in [4.78, 5) is 2.71. The van der Waals surface area contributed by atoms with Crippen LogP contribution in [-0.2, 0) is 6.61 Å². The highest BCUT2D eigenvalue weighted by atomic mass is 16.5. The second kappa shape index (κ2) is 9.38. The molecule has 1 N–H and O–H groups in total. The van der Waals surface area contributed by atoms with Gasteiger partial charge in [-0.1, -0.05) is 67.8 Å². The van der Waals surface area contributed by atoms with Crippen molar-refractivity contribution in [2.45, 2.75) is 44.8 Å². The van der Waals surface area contributed by atoms with E-state index in [2.05, 4.69) is 64.8 Å². The van der Waals surface area contributed by atoms with Crippen molar-refractivity contribution in [1.29, 1.82) is 0 Å². The Morgan fingerprint density at radius 2 is 1.59 bits per heavy atom. The van der Waals surface area contributed by atoms with Gasteiger partial charge in [0.15, 0.2) is 0 Å². The zero-order chi connectivity index (χ0) is 18.3. The standard InChI is InChI=1S/C24H32N2O/c1-3-9-20(10-4-1)19-27-23-14-8-7-13-22(23)24(21-11-5-2-6-12-21)26-17-15-25-16-18-26/h1,3-4,7-10,13-14,21,24-25H,2,5-6,11-12,15-19H2/t24-/m0/s1. The summed E-state index contributed by atoms with van der Waals surface area (Å²) in [6.07, 6.45) is 6.85. The number of nitrogens with one attached hydrogen (secondary N) is 1. The van der Waals surface area contributed by atoms with Gasteiger partial charge < -0.3 is 10.1 Å². The van der Waals surface area contributed by atoms with E-state index in [1.54, 1.807) is 0 Å². The van der Waals surface area contributed by atoms with Crippen molar-refractivity contribution < 1.29 is 4.74 Å². The van der Waals surface area contributed by atoms with Gasteiger partial charge in [0.05, 0.1) is 0 Å². The van der Waals surface area contributed by atoms with Gasteiger partial charge >= 0.3 is 0 Å². The number of hydrogen-bond donors (Lipinski definition) is 1. The molecule has 2 aromatic rings. The fourth-order valence-electron chi connectivity index (χ4n) is 4.75. The molecular formula is C24H32N2O. The fraction of sp³-hybridized carbons (Fsp3) is 0.500. The van der Waals surface area contributed by atoms with Crippen LogP contribution in [0.2, 0.25) is 0 Å². The lowest BCUT2D eigenvalue weighted by molar-refractivity contribution is 0.100. The van der Waals surface area contributed by atoms with Gasteiger partial charge in [0.25, 0.3) is 0 Å². The molecule has 0 spiro atoms. The second-order valence-electron chi connectivity index (χ2n) is 7.94. The van der Waals surface area contributed by atoms with E-state index >= 15 is 0 Å². The Kier molecular flexibility index (Phi) is 6.44. The van der Waals surface area contributed by atoms with Crippen LogP contribution < -0.4 is 10.1 Å². The molecule has 0 unspecified atom stereocenters. The van der Waals surface area contributed by atoms with Crippen LogP contribution in [0.25, 0.3) is 0 Å². The van der Waals surface area contributed by atoms with Crippen LogP contribution in [0.4, 0.5) is 0 Å². The topological polar surface area (TPSA) is 24.5 Å². The zero-order valence-corrected chi connectivity index (χ0v) is 16.3. The van der Waals surface area contributed by atoms with Crippen LogP contribution in [-0.4, -0.2) is 31.1 Å². The molecule has 1 aliphatic carbocycles. The van der Waals surface area contributed by atoms with Crippen molar-refractivity contribution in [1.82, 2.24) is 10.2 Å². The van der Waals surface area contributed by atoms with Crippen molar-refractivity contribution >= 4 is 0 Å². The Labute approximate surface area is 163 Å². The maximum atomic E-state index is 6.34. The Morgan fingerprint density at radius 3 is 2.37 bits per heavy atom. The van der Waals surface area contributed by atoms with Gasteiger partial charge in [-0.25, -0.2) is 0 Å². The van der Waals surface area contributed by atoms with E-state index in [1.807, 2.05) is 0 Å². The first-order valence-electron chi connectivity index (χ1n) is 10.6. The Morgan fingerprint density at radius 1 is 0.889 bits per heavy atom. The number of piperazine rings is 1. The predicted octanol–water partition coefficient (Wildman–Crippen LogP) is 4.79. The van der Waals surface area contributed by atoms with Crippen molar-refractivity contribution in [3.8, 4) is 5.75 Å². The molecule has 0 radical (unpaired) electrons. The molecule has 1 saturated heterocycles. The lowest BCUT2D eigenvalue weighted by Gasteiger charge is -2.41. The zero-order valence-electron chi connectivity index (χ0n) is 16.3. The largest absolute Gasteiger partial charge is 0.489 e. The fourth-order valence-corrected chi connectivity index (χ4v) is 4.75. The third-order valence-corrected chi connectivity index (χ3v) is 6.12. The third kappa shape index (κ3) is 4.72. The summed E-state index contributed by atoms with van der Waals surface area (Å²) >= 11 is 0. The molecule has 1 heterocycles. The van der Waals surface area contributed by atoms with Crippen LogP contribution >= 0.6 is 0 Å². The van der Waals surface area contributed by atoms with Crippen LogP contribution in [0, 0.1) is 5.92 Å². The predicted molar refractivity (Wildman–Crippen MR) is 111 cm³/mol. The maximum Gasteiger partial charge on any atom is 0.124 e. The van der Waals surface area contributed by atoms with Gasteiger partial charge in [0, 0.05) is 37.8 Å². The highest BCUT2D eigenvalue weighted by molar-refractivity contribution is 5.37. The third-order valence-electron chi connectivity index (χ3n) is 6.12. The minimum absolute atomic E-state index is 0.486. The molecule has 1 saturated carbocycles. The molecule has 3 nitrogen and oxygen atoms in total. The maximum absolute atomic E-state index is 6.34. The lowest BCUT2D eigenvalue weighted by Crippen LogP contribution is -2.47. The summed E-state index contributed by atoms with van der Waals surface area (Å²) in [5, 5.41) is 3.51. The average Bonchev–Trinajstić information content (AvgIpc) is 2.76. The Hall–Kier alpha value is -1.84. The van der Waals surface area contributed by atoms with Crippen molar-refractivity contribution in [2.24, 2.45) is 5.92 Å². The molecule has 0 amide bonds. The summed E-state index contributed by atoms with van der Waals surface area (Å²) in [7, 11) is 0. The molecule has 1 atom stereocenters. The number of hydrogen-bond acceptors (Lipinski definition) is 3. The molecule has 144 valence electrons. The van der Waals surface area contributed by atoms with Gasteiger partial charge in [0.1, 0.15) is 12.4 Å². The number of nitrogens with zero attached hydrogens (tertiary/aromatic N) is 1. The Bertz CT molecular complexity index is 673. The van der Waals surface area contributed by atoms with Gasteiger partial charge in [-0.05, 0) is 30.4 Å². The highest BCUT2D eigenvalue weighted by Crippen LogP contribution is 2.41. The number of ether oxygens (including phenoxy) is 1. The van der Waals surface area contributed by atoms with E-state index in [-0.39, 0.29) is 0 Å². The molecule has 0 aromatic heterocycles. The summed E-state index contributed by atoms with van der Waals surface area (Å²) in [5.41, 5.74) is 2.62. The first kappa shape index (κ1) is 18.5. The number of rotatable bonds is 6. The first-order chi connectivity index (χ1) is 13.4. The monoisotopic (exact) mass is 364 g/mol. The van der Waals surface area contributed by atoms with E-state index in [9.17, 15) is 0 Å². The van der Waals surface area contributed by atoms with Gasteiger partial charge in [0.2, 0.25) is 0 Å². The Balaban J connectivity index is 1.58. The molecule has 2 aliphatic rings. The molecule has 0 bridgehead atoms. The SMILES string of the molecule is c1ccc(COc2ccccc2[C@H](C2CCCCC2)N2CCNCC2)cc1. The van der Waals surface area contributed by atoms with E-state index in [4.69, 9.17) is 4.74 Å². The molecule has 2 fully saturated rings. The average molecular weight is 365 g/mol. The number of para-hydroxylation sites is 1. The summed E-state index contributed by atoms with van der Waals surface area (Å²) in [6.45, 7) is 5.09. The van der Waals surface area contributed by atoms with Crippen molar-refractivity contribution in [3.63, 3.8) is 0 Å². The summed E-state index contributed by atoms with van der Waals surface area (Å²) < 4.78 is 6.34. The van der Waals surface area contributed by atoms with E-state index in [0.29, 0.717) is 12.6 Å². The van der Waals surface area contributed by atoms with Crippen LogP contribution in [0.3, 0.4) is 0 Å². The van der Waals surface area contributed by atoms with E-state index < -0.39 is 0 Å². The normalized spacial score (nSPS) is 20.3. The van der Waals surface area contributed by atoms with Crippen LogP contribution in [0.5, 0.6) is 5.75 Å².